The number of carbonyl (C=O) groups excluding carboxylic acids is 1. The minimum atomic E-state index is -1.35. The largest absolute Gasteiger partial charge is 0.493 e. The van der Waals surface area contributed by atoms with Gasteiger partial charge in [-0.2, -0.15) is 0 Å². The summed E-state index contributed by atoms with van der Waals surface area (Å²) in [4.78, 5) is 39.4. The number of carboxylic acid groups (broad SMARTS) is 1. The van der Waals surface area contributed by atoms with Crippen LogP contribution in [0.3, 0.4) is 0 Å². The molecule has 0 radical (unpaired) electrons. The van der Waals surface area contributed by atoms with Gasteiger partial charge >= 0.3 is 11.7 Å². The zero-order valence-electron chi connectivity index (χ0n) is 13.6. The number of aromatic nitrogens is 2. The molecule has 1 atom stereocenters. The first-order chi connectivity index (χ1) is 12.5. The number of aliphatic carboxylic acids is 1. The molecule has 3 rings (SSSR count). The Balaban J connectivity index is 1.81. The maximum atomic E-state index is 12.5. The number of hydrogen-bond acceptors (Lipinski definition) is 4. The molecule has 0 spiro atoms. The van der Waals surface area contributed by atoms with Crippen LogP contribution in [-0.4, -0.2) is 31.9 Å². The number of nitrogens with one attached hydrogen (secondary N) is 2. The van der Waals surface area contributed by atoms with E-state index in [0.717, 1.165) is 11.1 Å². The Kier molecular flexibility index (Phi) is 4.70. The predicted molar refractivity (Wildman–Crippen MR) is 94.3 cm³/mol. The Morgan fingerprint density at radius 1 is 0.923 bits per heavy atom. The van der Waals surface area contributed by atoms with E-state index >= 15 is 0 Å². The van der Waals surface area contributed by atoms with Crippen molar-refractivity contribution in [2.24, 2.45) is 0 Å². The van der Waals surface area contributed by atoms with Crippen molar-refractivity contribution in [3.63, 3.8) is 0 Å². The van der Waals surface area contributed by atoms with Crippen LogP contribution in [0.5, 0.6) is 5.88 Å². The van der Waals surface area contributed by atoms with Crippen LogP contribution in [0.2, 0.25) is 0 Å². The summed E-state index contributed by atoms with van der Waals surface area (Å²) >= 11 is 0. The molecule has 7 heteroatoms. The molecule has 3 aromatic rings. The second-order valence-electron chi connectivity index (χ2n) is 5.80. The number of ketones is 1. The van der Waals surface area contributed by atoms with E-state index in [1.807, 2.05) is 30.3 Å². The fourth-order valence-electron chi connectivity index (χ4n) is 2.74. The lowest BCUT2D eigenvalue weighted by Crippen LogP contribution is -2.17. The Hall–Kier alpha value is -3.61. The number of hydrogen-bond donors (Lipinski definition) is 4. The number of carbonyl (C=O) groups is 2. The molecule has 2 aromatic carbocycles. The first-order valence-electron chi connectivity index (χ1n) is 7.88. The summed E-state index contributed by atoms with van der Waals surface area (Å²) in [6, 6.07) is 16.5. The number of H-pyrrole nitrogens is 2. The minimum Gasteiger partial charge on any atom is -0.493 e. The van der Waals surface area contributed by atoms with E-state index in [-0.39, 0.29) is 12.1 Å². The van der Waals surface area contributed by atoms with Gasteiger partial charge in [0.2, 0.25) is 5.88 Å². The summed E-state index contributed by atoms with van der Waals surface area (Å²) in [6.45, 7) is 0. The smallest absolute Gasteiger partial charge is 0.325 e. The third kappa shape index (κ3) is 3.56. The molecular weight excluding hydrogens is 336 g/mol. The van der Waals surface area contributed by atoms with Gasteiger partial charge in [-0.3, -0.25) is 14.6 Å². The maximum Gasteiger partial charge on any atom is 0.325 e. The molecule has 0 fully saturated rings. The lowest BCUT2D eigenvalue weighted by Gasteiger charge is -2.10. The van der Waals surface area contributed by atoms with Crippen LogP contribution in [-0.2, 0) is 4.79 Å². The van der Waals surface area contributed by atoms with Gasteiger partial charge in [0.05, 0.1) is 5.69 Å². The van der Waals surface area contributed by atoms with Crippen LogP contribution < -0.4 is 5.69 Å². The molecule has 26 heavy (non-hydrogen) atoms. The van der Waals surface area contributed by atoms with Crippen molar-refractivity contribution in [3.05, 3.63) is 76.3 Å². The number of aromatic amines is 2. The lowest BCUT2D eigenvalue weighted by atomic mass is 9.94. The van der Waals surface area contributed by atoms with E-state index in [1.54, 1.807) is 24.3 Å². The summed E-state index contributed by atoms with van der Waals surface area (Å²) in [6.07, 6.45) is -0.388. The average Bonchev–Trinajstić information content (AvgIpc) is 2.98. The lowest BCUT2D eigenvalue weighted by molar-refractivity contribution is -0.138. The summed E-state index contributed by atoms with van der Waals surface area (Å²) < 4.78 is 0. The van der Waals surface area contributed by atoms with Gasteiger partial charge in [0, 0.05) is 12.0 Å². The Bertz CT molecular complexity index is 987. The molecule has 7 nitrogen and oxygen atoms in total. The van der Waals surface area contributed by atoms with Crippen LogP contribution >= 0.6 is 0 Å². The van der Waals surface area contributed by atoms with Crippen molar-refractivity contribution in [1.82, 2.24) is 9.97 Å². The van der Waals surface area contributed by atoms with Gasteiger partial charge < -0.3 is 15.2 Å². The van der Waals surface area contributed by atoms with E-state index in [4.69, 9.17) is 0 Å². The summed E-state index contributed by atoms with van der Waals surface area (Å²) in [5.74, 6) is -3.65. The normalized spacial score (nSPS) is 11.8. The summed E-state index contributed by atoms with van der Waals surface area (Å²) in [7, 11) is 0. The van der Waals surface area contributed by atoms with E-state index in [1.165, 1.54) is 0 Å². The average molecular weight is 352 g/mol. The second kappa shape index (κ2) is 7.10. The maximum absolute atomic E-state index is 12.5. The fraction of sp³-hybridized carbons (Fsp3) is 0.105. The standard InChI is InChI=1S/C19H16N2O5/c22-15(10-14(18(24)25)16-17(23)21-19(26)20-16)13-8-6-12(7-9-13)11-4-2-1-3-5-11/h1-9,14,23H,10H2,(H,24,25)(H2,20,21,26). The van der Waals surface area contributed by atoms with Gasteiger partial charge in [0.1, 0.15) is 5.92 Å². The van der Waals surface area contributed by atoms with Crippen molar-refractivity contribution in [2.75, 3.05) is 0 Å². The van der Waals surface area contributed by atoms with Crippen molar-refractivity contribution in [1.29, 1.82) is 0 Å². The van der Waals surface area contributed by atoms with E-state index in [9.17, 15) is 24.6 Å². The Morgan fingerprint density at radius 3 is 2.08 bits per heavy atom. The highest BCUT2D eigenvalue weighted by Gasteiger charge is 2.28. The molecule has 0 amide bonds. The Morgan fingerprint density at radius 2 is 1.54 bits per heavy atom. The predicted octanol–water partition coefficient (Wildman–Crippen LogP) is 2.52. The summed E-state index contributed by atoms with van der Waals surface area (Å²) in [5.41, 5.74) is 1.35. The third-order valence-electron chi connectivity index (χ3n) is 4.09. The first-order valence-corrected chi connectivity index (χ1v) is 7.88. The van der Waals surface area contributed by atoms with Crippen molar-refractivity contribution in [2.45, 2.75) is 12.3 Å². The topological polar surface area (TPSA) is 123 Å². The SMILES string of the molecule is O=C(CC(C(=O)O)c1[nH]c(=O)[nH]c1O)c1ccc(-c2ccccc2)cc1. The molecule has 4 N–H and O–H groups in total. The van der Waals surface area contributed by atoms with E-state index in [0.29, 0.717) is 5.56 Å². The van der Waals surface area contributed by atoms with Gasteiger partial charge in [0.15, 0.2) is 5.78 Å². The molecule has 0 saturated carbocycles. The first kappa shape index (κ1) is 17.2. The third-order valence-corrected chi connectivity index (χ3v) is 4.09. The van der Waals surface area contributed by atoms with Crippen molar-refractivity contribution in [3.8, 4) is 17.0 Å². The molecule has 132 valence electrons. The van der Waals surface area contributed by atoms with Crippen LogP contribution in [0.1, 0.15) is 28.4 Å². The monoisotopic (exact) mass is 352 g/mol. The van der Waals surface area contributed by atoms with Gasteiger partial charge in [0.25, 0.3) is 0 Å². The molecule has 0 aliphatic carbocycles. The Labute approximate surface area is 148 Å². The number of Topliss-reactive ketones (excluding diaryl/α,β-unsaturated/α-hetero) is 1. The quantitative estimate of drug-likeness (QED) is 0.508. The minimum absolute atomic E-state index is 0.211. The van der Waals surface area contributed by atoms with E-state index in [2.05, 4.69) is 9.97 Å². The van der Waals surface area contributed by atoms with E-state index < -0.39 is 29.2 Å². The van der Waals surface area contributed by atoms with Crippen molar-refractivity contribution >= 4 is 11.8 Å². The van der Waals surface area contributed by atoms with Gasteiger partial charge in [-0.25, -0.2) is 4.79 Å². The molecule has 0 aliphatic heterocycles. The molecule has 0 aliphatic rings. The van der Waals surface area contributed by atoms with Crippen molar-refractivity contribution < 1.29 is 19.8 Å². The zero-order chi connectivity index (χ0) is 18.7. The number of imidazole rings is 1. The highest BCUT2D eigenvalue weighted by Crippen LogP contribution is 2.26. The molecule has 1 aromatic heterocycles. The highest BCUT2D eigenvalue weighted by molar-refractivity contribution is 5.99. The number of aromatic hydroxyl groups is 1. The fourth-order valence-corrected chi connectivity index (χ4v) is 2.74. The highest BCUT2D eigenvalue weighted by atomic mass is 16.4. The van der Waals surface area contributed by atoms with Gasteiger partial charge in [-0.05, 0) is 11.1 Å². The van der Waals surface area contributed by atoms with Crippen LogP contribution in [0.15, 0.2) is 59.4 Å². The number of rotatable bonds is 6. The molecular formula is C19H16N2O5. The zero-order valence-corrected chi connectivity index (χ0v) is 13.6. The second-order valence-corrected chi connectivity index (χ2v) is 5.80. The molecule has 0 bridgehead atoms. The molecule has 0 saturated heterocycles. The number of carboxylic acids is 1. The molecule has 1 unspecified atom stereocenters. The van der Waals surface area contributed by atoms with Crippen LogP contribution in [0.4, 0.5) is 0 Å². The van der Waals surface area contributed by atoms with Gasteiger partial charge in [-0.1, -0.05) is 54.6 Å². The van der Waals surface area contributed by atoms with Gasteiger partial charge in [-0.15, -0.1) is 0 Å². The van der Waals surface area contributed by atoms with Crippen LogP contribution in [0.25, 0.3) is 11.1 Å². The number of benzene rings is 2. The summed E-state index contributed by atoms with van der Waals surface area (Å²) in [5, 5.41) is 19.0. The molecule has 1 heterocycles. The van der Waals surface area contributed by atoms with Crippen LogP contribution in [0, 0.1) is 0 Å².